The van der Waals surface area contributed by atoms with Crippen LogP contribution in [0.2, 0.25) is 0 Å². The van der Waals surface area contributed by atoms with Gasteiger partial charge in [-0.05, 0) is 15.9 Å². The molecule has 20 heavy (non-hydrogen) atoms. The van der Waals surface area contributed by atoms with Crippen molar-refractivity contribution in [2.45, 2.75) is 0 Å². The fraction of sp³-hybridized carbons (Fsp3) is 0. The highest BCUT2D eigenvalue weighted by Gasteiger charge is 2.24. The van der Waals surface area contributed by atoms with Crippen molar-refractivity contribution in [2.75, 3.05) is 0 Å². The summed E-state index contributed by atoms with van der Waals surface area (Å²) >= 11 is 0. The second-order valence-electron chi connectivity index (χ2n) is 4.37. The van der Waals surface area contributed by atoms with Gasteiger partial charge in [0, 0.05) is 0 Å². The summed E-state index contributed by atoms with van der Waals surface area (Å²) in [5.74, 6) is 0. The van der Waals surface area contributed by atoms with Gasteiger partial charge in [0.25, 0.3) is 0 Å². The number of benzene rings is 2. The minimum Gasteiger partial charge on any atom is -0.305 e. The molecule has 0 bridgehead atoms. The minimum atomic E-state index is -2.38. The molecular formula is C18H18NP. The molecule has 2 aromatic rings. The molecule has 0 aromatic heterocycles. The summed E-state index contributed by atoms with van der Waals surface area (Å²) in [6.07, 6.45) is 5.41. The van der Waals surface area contributed by atoms with Gasteiger partial charge in [-0.2, -0.15) is 0 Å². The van der Waals surface area contributed by atoms with E-state index < -0.39 is 7.05 Å². The Morgan fingerprint density at radius 1 is 0.850 bits per heavy atom. The van der Waals surface area contributed by atoms with Gasteiger partial charge in [-0.15, -0.1) is 0 Å². The molecule has 100 valence electrons. The summed E-state index contributed by atoms with van der Waals surface area (Å²) in [5.41, 5.74) is 0. The lowest BCUT2D eigenvalue weighted by Gasteiger charge is -2.24. The van der Waals surface area contributed by atoms with Gasteiger partial charge in [0.15, 0.2) is 0 Å². The molecule has 0 aliphatic heterocycles. The van der Waals surface area contributed by atoms with Gasteiger partial charge in [-0.25, -0.2) is 0 Å². The van der Waals surface area contributed by atoms with Crippen molar-refractivity contribution in [1.82, 2.24) is 0 Å². The molecule has 0 aliphatic carbocycles. The van der Waals surface area contributed by atoms with Crippen molar-refractivity contribution >= 4 is 17.7 Å². The Hall–Kier alpha value is -2.11. The Balaban J connectivity index is 2.74. The molecule has 0 amide bonds. The van der Waals surface area contributed by atoms with E-state index in [2.05, 4.69) is 13.2 Å². The van der Waals surface area contributed by atoms with Crippen LogP contribution in [0.15, 0.2) is 97.4 Å². The summed E-state index contributed by atoms with van der Waals surface area (Å²) in [6, 6.07) is 20.0. The third-order valence-corrected chi connectivity index (χ3v) is 6.42. The zero-order chi connectivity index (χ0) is 14.4. The fourth-order valence-corrected chi connectivity index (χ4v) is 4.92. The van der Waals surface area contributed by atoms with Crippen LogP contribution in [0.1, 0.15) is 0 Å². The predicted octanol–water partition coefficient (Wildman–Crippen LogP) is 4.67. The Kier molecular flexibility index (Phi) is 4.55. The van der Waals surface area contributed by atoms with E-state index in [1.54, 1.807) is 12.2 Å². The molecule has 0 atom stereocenters. The van der Waals surface area contributed by atoms with Crippen molar-refractivity contribution in [2.24, 2.45) is 0 Å². The summed E-state index contributed by atoms with van der Waals surface area (Å²) in [4.78, 5) is 0. The van der Waals surface area contributed by atoms with Gasteiger partial charge >= 0.3 is 0 Å². The highest BCUT2D eigenvalue weighted by Crippen LogP contribution is 2.52. The molecule has 0 radical (unpaired) electrons. The third-order valence-electron chi connectivity index (χ3n) is 3.17. The van der Waals surface area contributed by atoms with Gasteiger partial charge in [-0.3, -0.25) is 0 Å². The summed E-state index contributed by atoms with van der Waals surface area (Å²) < 4.78 is 0. The first-order chi connectivity index (χ1) is 9.73. The second kappa shape index (κ2) is 6.36. The topological polar surface area (TPSA) is 23.9 Å². The minimum absolute atomic E-state index is 0.921. The number of rotatable bonds is 5. The number of nitrogens with one attached hydrogen (secondary N) is 1. The molecular weight excluding hydrogens is 261 g/mol. The summed E-state index contributed by atoms with van der Waals surface area (Å²) in [5, 5.41) is 12.2. The molecule has 2 rings (SSSR count). The van der Waals surface area contributed by atoms with Gasteiger partial charge in [0.1, 0.15) is 0 Å². The van der Waals surface area contributed by atoms with E-state index in [4.69, 9.17) is 0 Å². The van der Waals surface area contributed by atoms with Crippen LogP contribution >= 0.6 is 7.05 Å². The summed E-state index contributed by atoms with van der Waals surface area (Å²) in [7, 11) is -2.38. The lowest BCUT2D eigenvalue weighted by molar-refractivity contribution is 1.58. The first-order valence-corrected chi connectivity index (χ1v) is 8.23. The first-order valence-electron chi connectivity index (χ1n) is 6.44. The van der Waals surface area contributed by atoms with Crippen LogP contribution in [0.25, 0.3) is 0 Å². The Morgan fingerprint density at radius 3 is 1.65 bits per heavy atom. The predicted molar refractivity (Wildman–Crippen MR) is 90.3 cm³/mol. The molecule has 0 unspecified atom stereocenters. The van der Waals surface area contributed by atoms with Crippen LogP contribution < -0.4 is 10.6 Å². The van der Waals surface area contributed by atoms with E-state index in [0.717, 1.165) is 15.9 Å². The monoisotopic (exact) mass is 279 g/mol. The highest BCUT2D eigenvalue weighted by atomic mass is 31.2. The molecule has 2 aromatic carbocycles. The SMILES string of the molecule is C=C/C=C(\C=C)P(=N)(c1ccccc1)c1ccccc1. The van der Waals surface area contributed by atoms with Crippen LogP contribution in [0.4, 0.5) is 0 Å². The van der Waals surface area contributed by atoms with Crippen LogP contribution in [0.5, 0.6) is 0 Å². The van der Waals surface area contributed by atoms with E-state index in [1.165, 1.54) is 0 Å². The van der Waals surface area contributed by atoms with Crippen molar-refractivity contribution in [3.8, 4) is 0 Å². The zero-order valence-electron chi connectivity index (χ0n) is 11.4. The Bertz CT molecular complexity index is 626. The smallest absolute Gasteiger partial charge is 0.0511 e. The molecule has 0 saturated carbocycles. The molecule has 1 N–H and O–H groups in total. The number of allylic oxidation sites excluding steroid dienone is 4. The van der Waals surface area contributed by atoms with Crippen LogP contribution in [-0.2, 0) is 0 Å². The van der Waals surface area contributed by atoms with Gasteiger partial charge in [-0.1, -0.05) is 92.0 Å². The molecule has 0 aliphatic rings. The fourth-order valence-electron chi connectivity index (χ4n) is 2.19. The molecule has 2 heteroatoms. The van der Waals surface area contributed by atoms with Crippen molar-refractivity contribution < 1.29 is 0 Å². The lowest BCUT2D eigenvalue weighted by atomic mass is 10.4. The quantitative estimate of drug-likeness (QED) is 0.607. The van der Waals surface area contributed by atoms with Crippen LogP contribution in [0, 0.1) is 5.16 Å². The first kappa shape index (κ1) is 14.3. The zero-order valence-corrected chi connectivity index (χ0v) is 12.3. The average Bonchev–Trinajstić information content (AvgIpc) is 2.53. The third kappa shape index (κ3) is 2.59. The summed E-state index contributed by atoms with van der Waals surface area (Å²) in [6.45, 7) is 7.65. The Labute approximate surface area is 120 Å². The Morgan fingerprint density at radius 2 is 1.30 bits per heavy atom. The van der Waals surface area contributed by atoms with E-state index >= 15 is 0 Å². The van der Waals surface area contributed by atoms with Crippen LogP contribution in [-0.4, -0.2) is 0 Å². The second-order valence-corrected chi connectivity index (χ2v) is 7.26. The molecule has 0 heterocycles. The van der Waals surface area contributed by atoms with Crippen molar-refractivity contribution in [3.63, 3.8) is 0 Å². The molecule has 0 spiro atoms. The number of hydrogen-bond acceptors (Lipinski definition) is 1. The maximum atomic E-state index is 9.19. The highest BCUT2D eigenvalue weighted by molar-refractivity contribution is 7.83. The largest absolute Gasteiger partial charge is 0.305 e. The van der Waals surface area contributed by atoms with E-state index in [-0.39, 0.29) is 0 Å². The van der Waals surface area contributed by atoms with Crippen molar-refractivity contribution in [1.29, 1.82) is 5.16 Å². The standard InChI is InChI=1S/C18H18NP/c1-3-11-16(4-2)20(19,17-12-7-5-8-13-17)18-14-9-6-10-15-18/h3-15,19H,1-2H2/b16-11+. The molecule has 1 nitrogen and oxygen atoms in total. The van der Waals surface area contributed by atoms with Crippen LogP contribution in [0.3, 0.4) is 0 Å². The van der Waals surface area contributed by atoms with E-state index in [0.29, 0.717) is 0 Å². The number of hydrogen-bond donors (Lipinski definition) is 1. The van der Waals surface area contributed by atoms with Crippen molar-refractivity contribution in [3.05, 3.63) is 97.4 Å². The maximum Gasteiger partial charge on any atom is 0.0511 e. The molecule has 0 saturated heterocycles. The maximum absolute atomic E-state index is 9.19. The van der Waals surface area contributed by atoms with Gasteiger partial charge in [0.2, 0.25) is 0 Å². The van der Waals surface area contributed by atoms with Gasteiger partial charge < -0.3 is 5.16 Å². The van der Waals surface area contributed by atoms with E-state index in [9.17, 15) is 5.16 Å². The lowest BCUT2D eigenvalue weighted by Crippen LogP contribution is -2.16. The average molecular weight is 279 g/mol. The normalized spacial score (nSPS) is 11.9. The van der Waals surface area contributed by atoms with E-state index in [1.807, 2.05) is 66.7 Å². The van der Waals surface area contributed by atoms with Gasteiger partial charge in [0.05, 0.1) is 7.05 Å². The molecule has 0 fully saturated rings.